The number of likely N-dealkylation sites (tertiary alicyclic amines) is 1. The first kappa shape index (κ1) is 15.8. The van der Waals surface area contributed by atoms with Gasteiger partial charge in [-0.25, -0.2) is 0 Å². The minimum absolute atomic E-state index is 0.0219. The summed E-state index contributed by atoms with van der Waals surface area (Å²) in [6.45, 7) is 0.579. The molecule has 2 atom stereocenters. The van der Waals surface area contributed by atoms with E-state index >= 15 is 0 Å². The molecule has 3 aromatic rings. The lowest BCUT2D eigenvalue weighted by Gasteiger charge is -2.23. The van der Waals surface area contributed by atoms with Crippen molar-refractivity contribution in [3.05, 3.63) is 48.2 Å². The summed E-state index contributed by atoms with van der Waals surface area (Å²) < 4.78 is 7.38. The third-order valence-electron chi connectivity index (χ3n) is 4.98. The van der Waals surface area contributed by atoms with E-state index in [0.29, 0.717) is 13.0 Å². The Kier molecular flexibility index (Phi) is 4.01. The fraction of sp³-hybridized carbons (Fsp3) is 0.389. The van der Waals surface area contributed by atoms with Gasteiger partial charge in [-0.2, -0.15) is 0 Å². The normalized spacial score (nSPS) is 20.5. The Morgan fingerprint density at radius 1 is 1.40 bits per heavy atom. The van der Waals surface area contributed by atoms with Gasteiger partial charge in [0, 0.05) is 44.2 Å². The van der Waals surface area contributed by atoms with Crippen molar-refractivity contribution in [2.24, 2.45) is 7.05 Å². The minimum Gasteiger partial charge on any atom is -0.380 e. The van der Waals surface area contributed by atoms with Gasteiger partial charge in [-0.15, -0.1) is 10.2 Å². The lowest BCUT2D eigenvalue weighted by atomic mass is 10.1. The van der Waals surface area contributed by atoms with Crippen LogP contribution in [0.15, 0.2) is 36.8 Å². The standard InChI is InChI=1S/C18H21N5O2/c1-22-11-20-21-18(22)16-8-13(25-2)10-23(16)17(24)7-12-9-19-15-6-4-3-5-14(12)15/h3-6,9,11,13,16,19H,7-8,10H2,1-2H3/t13-,16+/m1/s1. The van der Waals surface area contributed by atoms with Gasteiger partial charge in [-0.3, -0.25) is 4.79 Å². The molecule has 130 valence electrons. The topological polar surface area (TPSA) is 76.0 Å². The van der Waals surface area contributed by atoms with Gasteiger partial charge < -0.3 is 19.2 Å². The Morgan fingerprint density at radius 2 is 2.24 bits per heavy atom. The van der Waals surface area contributed by atoms with E-state index in [-0.39, 0.29) is 18.1 Å². The van der Waals surface area contributed by atoms with Gasteiger partial charge in [0.05, 0.1) is 18.6 Å². The van der Waals surface area contributed by atoms with Crippen LogP contribution in [0, 0.1) is 0 Å². The highest BCUT2D eigenvalue weighted by atomic mass is 16.5. The van der Waals surface area contributed by atoms with E-state index in [1.165, 1.54) is 0 Å². The first-order chi connectivity index (χ1) is 12.2. The van der Waals surface area contributed by atoms with Crippen LogP contribution in [0.3, 0.4) is 0 Å². The van der Waals surface area contributed by atoms with Crippen molar-refractivity contribution in [2.75, 3.05) is 13.7 Å². The summed E-state index contributed by atoms with van der Waals surface area (Å²) >= 11 is 0. The fourth-order valence-electron chi connectivity index (χ4n) is 3.62. The number of fused-ring (bicyclic) bond motifs is 1. The lowest BCUT2D eigenvalue weighted by molar-refractivity contribution is -0.131. The summed E-state index contributed by atoms with van der Waals surface area (Å²) in [5.74, 6) is 0.879. The molecular formula is C18H21N5O2. The molecule has 1 fully saturated rings. The number of rotatable bonds is 4. The number of benzene rings is 1. The van der Waals surface area contributed by atoms with Crippen LogP contribution in [-0.4, -0.2) is 50.3 Å². The second-order valence-corrected chi connectivity index (χ2v) is 6.49. The molecule has 25 heavy (non-hydrogen) atoms. The maximum atomic E-state index is 13.0. The molecule has 0 spiro atoms. The average molecular weight is 339 g/mol. The Bertz CT molecular complexity index is 900. The molecular weight excluding hydrogens is 318 g/mol. The van der Waals surface area contributed by atoms with Gasteiger partial charge >= 0.3 is 0 Å². The first-order valence-electron chi connectivity index (χ1n) is 8.38. The molecule has 0 saturated carbocycles. The van der Waals surface area contributed by atoms with Gasteiger partial charge in [-0.05, 0) is 11.6 Å². The SMILES string of the molecule is CO[C@@H]1C[C@@H](c2nncn2C)N(C(=O)Cc2c[nH]c3ccccc23)C1. The minimum atomic E-state index is -0.102. The Balaban J connectivity index is 1.60. The molecule has 7 heteroatoms. The van der Waals surface area contributed by atoms with Crippen LogP contribution in [-0.2, 0) is 23.0 Å². The van der Waals surface area contributed by atoms with Crippen LogP contribution >= 0.6 is 0 Å². The Hall–Kier alpha value is -2.67. The molecule has 0 radical (unpaired) electrons. The number of aromatic amines is 1. The molecule has 3 heterocycles. The number of aryl methyl sites for hydroxylation is 1. The van der Waals surface area contributed by atoms with E-state index in [9.17, 15) is 4.79 Å². The predicted molar refractivity (Wildman–Crippen MR) is 92.9 cm³/mol. The number of amides is 1. The number of para-hydroxylation sites is 1. The van der Waals surface area contributed by atoms with E-state index < -0.39 is 0 Å². The van der Waals surface area contributed by atoms with E-state index in [2.05, 4.69) is 15.2 Å². The molecule has 1 aliphatic heterocycles. The van der Waals surface area contributed by atoms with Crippen molar-refractivity contribution in [3.8, 4) is 0 Å². The van der Waals surface area contributed by atoms with E-state index in [0.717, 1.165) is 28.7 Å². The third kappa shape index (κ3) is 2.80. The van der Waals surface area contributed by atoms with Crippen molar-refractivity contribution < 1.29 is 9.53 Å². The van der Waals surface area contributed by atoms with Crippen LogP contribution in [0.25, 0.3) is 10.9 Å². The quantitative estimate of drug-likeness (QED) is 0.787. The second kappa shape index (κ2) is 6.33. The molecule has 2 aromatic heterocycles. The van der Waals surface area contributed by atoms with Crippen LogP contribution in [0.2, 0.25) is 0 Å². The smallest absolute Gasteiger partial charge is 0.227 e. The molecule has 1 aromatic carbocycles. The highest BCUT2D eigenvalue weighted by Gasteiger charge is 2.38. The highest BCUT2D eigenvalue weighted by molar-refractivity contribution is 5.89. The maximum Gasteiger partial charge on any atom is 0.227 e. The number of methoxy groups -OCH3 is 1. The van der Waals surface area contributed by atoms with Gasteiger partial charge in [0.25, 0.3) is 0 Å². The summed E-state index contributed by atoms with van der Waals surface area (Å²) in [5, 5.41) is 9.25. The molecule has 7 nitrogen and oxygen atoms in total. The summed E-state index contributed by atoms with van der Waals surface area (Å²) in [4.78, 5) is 18.1. The van der Waals surface area contributed by atoms with Gasteiger partial charge in [0.2, 0.25) is 5.91 Å². The predicted octanol–water partition coefficient (Wildman–Crippen LogP) is 1.83. The van der Waals surface area contributed by atoms with Crippen LogP contribution in [0.1, 0.15) is 23.9 Å². The van der Waals surface area contributed by atoms with Crippen molar-refractivity contribution in [1.29, 1.82) is 0 Å². The molecule has 1 amide bonds. The van der Waals surface area contributed by atoms with Crippen LogP contribution < -0.4 is 0 Å². The number of nitrogens with zero attached hydrogens (tertiary/aromatic N) is 4. The summed E-state index contributed by atoms with van der Waals surface area (Å²) in [5.41, 5.74) is 2.06. The third-order valence-corrected chi connectivity index (χ3v) is 4.98. The summed E-state index contributed by atoms with van der Waals surface area (Å²) in [7, 11) is 3.59. The number of H-pyrrole nitrogens is 1. The summed E-state index contributed by atoms with van der Waals surface area (Å²) in [6.07, 6.45) is 4.70. The number of aromatic nitrogens is 4. The van der Waals surface area contributed by atoms with Gasteiger partial charge in [0.1, 0.15) is 6.33 Å². The Morgan fingerprint density at radius 3 is 3.00 bits per heavy atom. The van der Waals surface area contributed by atoms with Crippen molar-refractivity contribution in [3.63, 3.8) is 0 Å². The zero-order valence-corrected chi connectivity index (χ0v) is 14.3. The zero-order valence-electron chi connectivity index (χ0n) is 14.3. The molecule has 0 unspecified atom stereocenters. The molecule has 0 bridgehead atoms. The number of ether oxygens (including phenoxy) is 1. The van der Waals surface area contributed by atoms with Crippen LogP contribution in [0.4, 0.5) is 0 Å². The Labute approximate surface area is 145 Å². The van der Waals surface area contributed by atoms with E-state index in [1.807, 2.05) is 47.0 Å². The van der Waals surface area contributed by atoms with E-state index in [4.69, 9.17) is 4.74 Å². The van der Waals surface area contributed by atoms with Crippen molar-refractivity contribution >= 4 is 16.8 Å². The van der Waals surface area contributed by atoms with Crippen molar-refractivity contribution in [1.82, 2.24) is 24.6 Å². The van der Waals surface area contributed by atoms with Crippen molar-refractivity contribution in [2.45, 2.75) is 25.0 Å². The highest BCUT2D eigenvalue weighted by Crippen LogP contribution is 2.33. The number of nitrogens with one attached hydrogen (secondary N) is 1. The molecule has 4 rings (SSSR count). The van der Waals surface area contributed by atoms with Gasteiger partial charge in [0.15, 0.2) is 5.82 Å². The average Bonchev–Trinajstić information content (AvgIpc) is 3.33. The summed E-state index contributed by atoms with van der Waals surface area (Å²) in [6, 6.07) is 7.93. The van der Waals surface area contributed by atoms with Crippen LogP contribution in [0.5, 0.6) is 0 Å². The lowest BCUT2D eigenvalue weighted by Crippen LogP contribution is -2.34. The fourth-order valence-corrected chi connectivity index (χ4v) is 3.62. The van der Waals surface area contributed by atoms with Gasteiger partial charge in [-0.1, -0.05) is 18.2 Å². The number of hydrogen-bond donors (Lipinski definition) is 1. The monoisotopic (exact) mass is 339 g/mol. The molecule has 1 N–H and O–H groups in total. The van der Waals surface area contributed by atoms with E-state index in [1.54, 1.807) is 13.4 Å². The second-order valence-electron chi connectivity index (χ2n) is 6.49. The molecule has 0 aliphatic carbocycles. The number of carbonyl (C=O) groups excluding carboxylic acids is 1. The molecule has 1 aliphatic rings. The molecule has 1 saturated heterocycles. The largest absolute Gasteiger partial charge is 0.380 e. The maximum absolute atomic E-state index is 13.0. The first-order valence-corrected chi connectivity index (χ1v) is 8.38. The number of carbonyl (C=O) groups is 1. The number of hydrogen-bond acceptors (Lipinski definition) is 4. The zero-order chi connectivity index (χ0) is 17.4.